The monoisotopic (exact) mass is 279 g/mol. The van der Waals surface area contributed by atoms with E-state index in [0.717, 1.165) is 18.4 Å². The standard InChI is InChI=1S/C16H17N5/c1-17-16(12-5-4-11-3-2-6-19-15(11)12)13-9-20-21-8-7-18-10-14(13)21/h2-3,6-10,12,16-17H,4-5H2,1H3. The molecule has 0 saturated carbocycles. The number of aryl methyl sites for hydroxylation is 1. The highest BCUT2D eigenvalue weighted by atomic mass is 15.2. The number of hydrogen-bond donors (Lipinski definition) is 1. The number of pyridine rings is 1. The molecule has 0 radical (unpaired) electrons. The molecule has 0 saturated heterocycles. The third-order valence-electron chi connectivity index (χ3n) is 4.40. The predicted molar refractivity (Wildman–Crippen MR) is 80.1 cm³/mol. The Morgan fingerprint density at radius 2 is 2.29 bits per heavy atom. The van der Waals surface area contributed by atoms with Crippen LogP contribution in [0.4, 0.5) is 0 Å². The van der Waals surface area contributed by atoms with E-state index in [2.05, 4.69) is 26.4 Å². The maximum atomic E-state index is 4.62. The summed E-state index contributed by atoms with van der Waals surface area (Å²) in [5.74, 6) is 0.388. The Morgan fingerprint density at radius 1 is 1.33 bits per heavy atom. The summed E-state index contributed by atoms with van der Waals surface area (Å²) in [6, 6.07) is 4.42. The predicted octanol–water partition coefficient (Wildman–Crippen LogP) is 2.11. The van der Waals surface area contributed by atoms with Crippen LogP contribution in [0.15, 0.2) is 43.1 Å². The van der Waals surface area contributed by atoms with Gasteiger partial charge < -0.3 is 5.32 Å². The van der Waals surface area contributed by atoms with Crippen LogP contribution < -0.4 is 5.32 Å². The molecule has 0 bridgehead atoms. The molecule has 3 heterocycles. The number of nitrogens with zero attached hydrogens (tertiary/aromatic N) is 4. The van der Waals surface area contributed by atoms with Crippen LogP contribution in [0.2, 0.25) is 0 Å². The van der Waals surface area contributed by atoms with Crippen molar-refractivity contribution in [3.8, 4) is 0 Å². The molecule has 0 fully saturated rings. The van der Waals surface area contributed by atoms with Crippen molar-refractivity contribution >= 4 is 5.52 Å². The van der Waals surface area contributed by atoms with Gasteiger partial charge in [0.15, 0.2) is 0 Å². The van der Waals surface area contributed by atoms with E-state index < -0.39 is 0 Å². The van der Waals surface area contributed by atoms with E-state index >= 15 is 0 Å². The Labute approximate surface area is 123 Å². The minimum atomic E-state index is 0.211. The first-order valence-corrected chi connectivity index (χ1v) is 7.27. The van der Waals surface area contributed by atoms with Crippen molar-refractivity contribution in [3.05, 3.63) is 59.9 Å². The Bertz CT molecular complexity index is 779. The quantitative estimate of drug-likeness (QED) is 0.798. The number of likely N-dealkylation sites (N-methyl/N-ethyl adjacent to an activating group) is 1. The molecule has 5 nitrogen and oxygen atoms in total. The van der Waals surface area contributed by atoms with Crippen LogP contribution in [-0.2, 0) is 6.42 Å². The molecule has 0 aromatic carbocycles. The van der Waals surface area contributed by atoms with E-state index in [-0.39, 0.29) is 6.04 Å². The number of fused-ring (bicyclic) bond motifs is 2. The summed E-state index contributed by atoms with van der Waals surface area (Å²) in [5.41, 5.74) is 4.84. The zero-order valence-electron chi connectivity index (χ0n) is 11.9. The van der Waals surface area contributed by atoms with E-state index in [4.69, 9.17) is 0 Å². The molecule has 1 N–H and O–H groups in total. The lowest BCUT2D eigenvalue weighted by molar-refractivity contribution is 0.472. The van der Waals surface area contributed by atoms with Gasteiger partial charge in [-0.05, 0) is 31.5 Å². The van der Waals surface area contributed by atoms with Gasteiger partial charge in [0.25, 0.3) is 0 Å². The van der Waals surface area contributed by atoms with E-state index in [9.17, 15) is 0 Å². The molecular formula is C16H17N5. The van der Waals surface area contributed by atoms with Gasteiger partial charge in [-0.3, -0.25) is 9.97 Å². The van der Waals surface area contributed by atoms with Gasteiger partial charge in [-0.2, -0.15) is 5.10 Å². The molecule has 5 heteroatoms. The van der Waals surface area contributed by atoms with Crippen molar-refractivity contribution in [2.45, 2.75) is 24.8 Å². The van der Waals surface area contributed by atoms with Crippen molar-refractivity contribution in [2.24, 2.45) is 0 Å². The number of hydrogen-bond acceptors (Lipinski definition) is 4. The van der Waals surface area contributed by atoms with Crippen molar-refractivity contribution in [1.29, 1.82) is 0 Å². The zero-order chi connectivity index (χ0) is 14.2. The smallest absolute Gasteiger partial charge is 0.0892 e. The van der Waals surface area contributed by atoms with Crippen LogP contribution in [0, 0.1) is 0 Å². The lowest BCUT2D eigenvalue weighted by Gasteiger charge is -2.22. The highest BCUT2D eigenvalue weighted by molar-refractivity contribution is 5.54. The number of nitrogens with one attached hydrogen (secondary N) is 1. The summed E-state index contributed by atoms with van der Waals surface area (Å²) in [5, 5.41) is 7.89. The molecule has 21 heavy (non-hydrogen) atoms. The third-order valence-corrected chi connectivity index (χ3v) is 4.40. The first kappa shape index (κ1) is 12.5. The molecule has 2 atom stereocenters. The fourth-order valence-electron chi connectivity index (χ4n) is 3.43. The molecule has 1 aliphatic carbocycles. The van der Waals surface area contributed by atoms with Crippen molar-refractivity contribution in [1.82, 2.24) is 24.9 Å². The second-order valence-corrected chi connectivity index (χ2v) is 5.47. The number of aromatic nitrogens is 4. The molecule has 0 aliphatic heterocycles. The minimum absolute atomic E-state index is 0.211. The maximum absolute atomic E-state index is 4.62. The number of rotatable bonds is 3. The second-order valence-electron chi connectivity index (χ2n) is 5.47. The van der Waals surface area contributed by atoms with Crippen LogP contribution in [0.3, 0.4) is 0 Å². The summed E-state index contributed by atoms with van der Waals surface area (Å²) in [7, 11) is 2.01. The van der Waals surface area contributed by atoms with E-state index in [1.807, 2.05) is 42.4 Å². The largest absolute Gasteiger partial charge is 0.312 e. The van der Waals surface area contributed by atoms with Crippen LogP contribution >= 0.6 is 0 Å². The Hall–Kier alpha value is -2.27. The van der Waals surface area contributed by atoms with E-state index in [0.29, 0.717) is 5.92 Å². The van der Waals surface area contributed by atoms with Crippen molar-refractivity contribution < 1.29 is 0 Å². The van der Waals surface area contributed by atoms with Gasteiger partial charge in [-0.1, -0.05) is 6.07 Å². The average Bonchev–Trinajstić information content (AvgIpc) is 3.14. The van der Waals surface area contributed by atoms with Gasteiger partial charge in [0.1, 0.15) is 0 Å². The third kappa shape index (κ3) is 1.93. The fourth-order valence-corrected chi connectivity index (χ4v) is 3.43. The molecule has 1 aliphatic rings. The van der Waals surface area contributed by atoms with E-state index in [1.165, 1.54) is 16.8 Å². The molecule has 3 aromatic heterocycles. The first-order valence-electron chi connectivity index (χ1n) is 7.27. The molecule has 3 aromatic rings. The Kier molecular flexibility index (Phi) is 2.93. The Balaban J connectivity index is 1.79. The average molecular weight is 279 g/mol. The van der Waals surface area contributed by atoms with Gasteiger partial charge in [-0.15, -0.1) is 0 Å². The summed E-state index contributed by atoms with van der Waals surface area (Å²) in [6.45, 7) is 0. The highest BCUT2D eigenvalue weighted by Gasteiger charge is 2.32. The molecule has 106 valence electrons. The zero-order valence-corrected chi connectivity index (χ0v) is 11.9. The Morgan fingerprint density at radius 3 is 3.19 bits per heavy atom. The second kappa shape index (κ2) is 4.93. The van der Waals surface area contributed by atoms with Gasteiger partial charge in [0.05, 0.1) is 17.9 Å². The minimum Gasteiger partial charge on any atom is -0.312 e. The normalized spacial score (nSPS) is 18.8. The lowest BCUT2D eigenvalue weighted by atomic mass is 9.92. The summed E-state index contributed by atoms with van der Waals surface area (Å²) < 4.78 is 1.88. The van der Waals surface area contributed by atoms with Crippen molar-refractivity contribution in [2.75, 3.05) is 7.05 Å². The molecule has 0 amide bonds. The van der Waals surface area contributed by atoms with Gasteiger partial charge in [-0.25, -0.2) is 4.52 Å². The first-order chi connectivity index (χ1) is 10.4. The molecule has 0 spiro atoms. The van der Waals surface area contributed by atoms with Gasteiger partial charge in [0.2, 0.25) is 0 Å². The maximum Gasteiger partial charge on any atom is 0.0892 e. The van der Waals surface area contributed by atoms with Gasteiger partial charge in [0, 0.05) is 41.8 Å². The van der Waals surface area contributed by atoms with Crippen LogP contribution in [0.5, 0.6) is 0 Å². The summed E-state index contributed by atoms with van der Waals surface area (Å²) in [4.78, 5) is 8.85. The molecule has 2 unspecified atom stereocenters. The van der Waals surface area contributed by atoms with Gasteiger partial charge >= 0.3 is 0 Å². The van der Waals surface area contributed by atoms with Crippen LogP contribution in [0.1, 0.15) is 35.2 Å². The highest BCUT2D eigenvalue weighted by Crippen LogP contribution is 2.41. The lowest BCUT2D eigenvalue weighted by Crippen LogP contribution is -2.23. The summed E-state index contributed by atoms with van der Waals surface area (Å²) in [6.07, 6.45) is 11.6. The molecular weight excluding hydrogens is 262 g/mol. The fraction of sp³-hybridized carbons (Fsp3) is 0.312. The van der Waals surface area contributed by atoms with Crippen LogP contribution in [-0.4, -0.2) is 26.6 Å². The van der Waals surface area contributed by atoms with Crippen LogP contribution in [0.25, 0.3) is 5.52 Å². The summed E-state index contributed by atoms with van der Waals surface area (Å²) >= 11 is 0. The topological polar surface area (TPSA) is 55.1 Å². The SMILES string of the molecule is CNC(c1cnn2ccncc12)C1CCc2cccnc21. The van der Waals surface area contributed by atoms with Crippen molar-refractivity contribution in [3.63, 3.8) is 0 Å². The molecule has 4 rings (SSSR count). The van der Waals surface area contributed by atoms with E-state index in [1.54, 1.807) is 6.20 Å².